The molecule has 4 saturated carbocycles. The number of rotatable bonds is 5. The van der Waals surface area contributed by atoms with Gasteiger partial charge in [0.2, 0.25) is 11.8 Å². The lowest BCUT2D eigenvalue weighted by molar-refractivity contribution is -0.148. The third-order valence-electron chi connectivity index (χ3n) is 8.31. The van der Waals surface area contributed by atoms with Crippen molar-refractivity contribution < 1.29 is 9.59 Å². The monoisotopic (exact) mass is 420 g/mol. The molecule has 1 aromatic heterocycles. The topological polar surface area (TPSA) is 90.0 Å². The maximum absolute atomic E-state index is 13.4. The van der Waals surface area contributed by atoms with E-state index < -0.39 is 5.41 Å². The second kappa shape index (κ2) is 6.94. The Morgan fingerprint density at radius 3 is 2.29 bits per heavy atom. The van der Waals surface area contributed by atoms with Crippen molar-refractivity contribution >= 4 is 11.8 Å². The summed E-state index contributed by atoms with van der Waals surface area (Å²) >= 11 is 0. The molecule has 0 aliphatic heterocycles. The molecular weight excluding hydrogens is 388 g/mol. The molecule has 164 valence electrons. The van der Waals surface area contributed by atoms with Crippen LogP contribution in [0.3, 0.4) is 0 Å². The molecule has 1 aromatic carbocycles. The molecule has 0 radical (unpaired) electrons. The van der Waals surface area contributed by atoms with Crippen LogP contribution in [0.25, 0.3) is 11.1 Å². The zero-order chi connectivity index (χ0) is 22.0. The summed E-state index contributed by atoms with van der Waals surface area (Å²) in [4.78, 5) is 25.6. The highest BCUT2D eigenvalue weighted by atomic mass is 16.2. The van der Waals surface area contributed by atoms with Crippen LogP contribution in [-0.2, 0) is 22.1 Å². The highest BCUT2D eigenvalue weighted by molar-refractivity contribution is 5.88. The zero-order valence-electron chi connectivity index (χ0n) is 18.6. The van der Waals surface area contributed by atoms with Crippen molar-refractivity contribution in [1.29, 1.82) is 0 Å². The van der Waals surface area contributed by atoms with Gasteiger partial charge >= 0.3 is 0 Å². The molecule has 0 spiro atoms. The summed E-state index contributed by atoms with van der Waals surface area (Å²) in [5.74, 6) is 1.25. The SMILES string of the molecule is Cn1cc(-c2ccc(C(C)(C)C(=O)NC3[C@@H]4CC5C[C@H]3CC(C(N)=O)(C5)C4)cc2)cn1. The lowest BCUT2D eigenvalue weighted by Gasteiger charge is -2.59. The van der Waals surface area contributed by atoms with Crippen LogP contribution in [0.5, 0.6) is 0 Å². The van der Waals surface area contributed by atoms with Crippen molar-refractivity contribution in [3.05, 3.63) is 42.2 Å². The van der Waals surface area contributed by atoms with E-state index in [2.05, 4.69) is 22.5 Å². The Hall–Kier alpha value is -2.63. The Bertz CT molecular complexity index is 1010. The number of carbonyl (C=O) groups is 2. The summed E-state index contributed by atoms with van der Waals surface area (Å²) in [5, 5.41) is 7.64. The lowest BCUT2D eigenvalue weighted by Crippen LogP contribution is -2.63. The number of aryl methyl sites for hydroxylation is 1. The number of hydrogen-bond acceptors (Lipinski definition) is 3. The largest absolute Gasteiger partial charge is 0.369 e. The Balaban J connectivity index is 1.32. The summed E-state index contributed by atoms with van der Waals surface area (Å²) in [5.41, 5.74) is 8.00. The highest BCUT2D eigenvalue weighted by Gasteiger charge is 2.58. The van der Waals surface area contributed by atoms with Crippen molar-refractivity contribution in [2.45, 2.75) is 57.4 Å². The van der Waals surface area contributed by atoms with E-state index in [9.17, 15) is 9.59 Å². The summed E-state index contributed by atoms with van der Waals surface area (Å²) in [6.45, 7) is 3.98. The van der Waals surface area contributed by atoms with Crippen molar-refractivity contribution in [2.75, 3.05) is 0 Å². The summed E-state index contributed by atoms with van der Waals surface area (Å²) in [6, 6.07) is 8.36. The molecule has 4 bridgehead atoms. The molecule has 5 atom stereocenters. The number of nitrogens with zero attached hydrogens (tertiary/aromatic N) is 2. The molecule has 0 saturated heterocycles. The van der Waals surface area contributed by atoms with Crippen LogP contribution in [0.1, 0.15) is 51.5 Å². The molecule has 3 N–H and O–H groups in total. The Kier molecular flexibility index (Phi) is 4.54. The van der Waals surface area contributed by atoms with Gasteiger partial charge in [-0.15, -0.1) is 0 Å². The third-order valence-corrected chi connectivity index (χ3v) is 8.31. The summed E-state index contributed by atoms with van der Waals surface area (Å²) < 4.78 is 1.79. The van der Waals surface area contributed by atoms with Gasteiger partial charge in [0.05, 0.1) is 11.6 Å². The average Bonchev–Trinajstić information content (AvgIpc) is 3.16. The normalized spacial score (nSPS) is 31.6. The Morgan fingerprint density at radius 2 is 1.74 bits per heavy atom. The van der Waals surface area contributed by atoms with Gasteiger partial charge in [0, 0.05) is 30.3 Å². The van der Waals surface area contributed by atoms with Gasteiger partial charge in [0.25, 0.3) is 0 Å². The molecule has 4 aliphatic rings. The number of amides is 2. The van der Waals surface area contributed by atoms with E-state index in [0.717, 1.165) is 48.8 Å². The Morgan fingerprint density at radius 1 is 1.10 bits per heavy atom. The zero-order valence-corrected chi connectivity index (χ0v) is 18.6. The fourth-order valence-corrected chi connectivity index (χ4v) is 6.67. The molecule has 2 amide bonds. The van der Waals surface area contributed by atoms with E-state index in [1.54, 1.807) is 4.68 Å². The molecule has 2 aromatic rings. The van der Waals surface area contributed by atoms with Crippen LogP contribution in [0, 0.1) is 23.2 Å². The molecule has 6 heteroatoms. The second-order valence-electron chi connectivity index (χ2n) is 10.7. The van der Waals surface area contributed by atoms with Crippen LogP contribution < -0.4 is 11.1 Å². The van der Waals surface area contributed by atoms with Gasteiger partial charge in [-0.2, -0.15) is 5.10 Å². The number of nitrogens with two attached hydrogens (primary N) is 1. The van der Waals surface area contributed by atoms with Gasteiger partial charge in [-0.25, -0.2) is 0 Å². The number of hydrogen-bond donors (Lipinski definition) is 2. The first kappa shape index (κ1) is 20.3. The summed E-state index contributed by atoms with van der Waals surface area (Å²) in [6.07, 6.45) is 8.66. The number of primary amides is 1. The van der Waals surface area contributed by atoms with E-state index in [1.807, 2.05) is 45.4 Å². The predicted molar refractivity (Wildman–Crippen MR) is 119 cm³/mol. The van der Waals surface area contributed by atoms with Crippen molar-refractivity contribution in [2.24, 2.45) is 36.0 Å². The van der Waals surface area contributed by atoms with Crippen LogP contribution in [0.15, 0.2) is 36.7 Å². The smallest absolute Gasteiger partial charge is 0.230 e. The number of nitrogens with one attached hydrogen (secondary N) is 1. The maximum Gasteiger partial charge on any atom is 0.230 e. The van der Waals surface area contributed by atoms with E-state index in [1.165, 1.54) is 0 Å². The van der Waals surface area contributed by atoms with Gasteiger partial charge in [-0.05, 0) is 74.8 Å². The van der Waals surface area contributed by atoms with E-state index in [4.69, 9.17) is 5.73 Å². The molecule has 31 heavy (non-hydrogen) atoms. The minimum atomic E-state index is -0.635. The van der Waals surface area contributed by atoms with Gasteiger partial charge in [0.1, 0.15) is 0 Å². The molecule has 6 rings (SSSR count). The summed E-state index contributed by atoms with van der Waals surface area (Å²) in [7, 11) is 1.90. The minimum absolute atomic E-state index is 0.0622. The van der Waals surface area contributed by atoms with Gasteiger partial charge in [-0.1, -0.05) is 24.3 Å². The fraction of sp³-hybridized carbons (Fsp3) is 0.560. The van der Waals surface area contributed by atoms with Crippen LogP contribution in [-0.4, -0.2) is 27.6 Å². The van der Waals surface area contributed by atoms with Crippen molar-refractivity contribution in [1.82, 2.24) is 15.1 Å². The van der Waals surface area contributed by atoms with Crippen LogP contribution in [0.2, 0.25) is 0 Å². The standard InChI is InChI=1S/C25H32N4O2/c1-24(2,20-6-4-16(5-7-20)19-13-27-29(3)14-19)23(31)28-21-17-8-15-9-18(21)12-25(10-15,11-17)22(26)30/h4-7,13-15,17-18,21H,8-12H2,1-3H3,(H2,26,30)(H,28,31)/t15?,17-,18+,21?,25?. The van der Waals surface area contributed by atoms with Gasteiger partial charge < -0.3 is 11.1 Å². The van der Waals surface area contributed by atoms with Crippen LogP contribution in [0.4, 0.5) is 0 Å². The number of aromatic nitrogens is 2. The van der Waals surface area contributed by atoms with Crippen molar-refractivity contribution in [3.63, 3.8) is 0 Å². The fourth-order valence-electron chi connectivity index (χ4n) is 6.67. The average molecular weight is 421 g/mol. The van der Waals surface area contributed by atoms with E-state index in [-0.39, 0.29) is 23.3 Å². The molecule has 3 unspecified atom stereocenters. The van der Waals surface area contributed by atoms with Crippen LogP contribution >= 0.6 is 0 Å². The third kappa shape index (κ3) is 3.27. The second-order valence-corrected chi connectivity index (χ2v) is 10.7. The molecular formula is C25H32N4O2. The molecule has 1 heterocycles. The van der Waals surface area contributed by atoms with Gasteiger partial charge in [0.15, 0.2) is 0 Å². The van der Waals surface area contributed by atoms with E-state index >= 15 is 0 Å². The predicted octanol–water partition coefficient (Wildman–Crippen LogP) is 3.16. The quantitative estimate of drug-likeness (QED) is 0.779. The Labute approximate surface area is 183 Å². The number of benzene rings is 1. The van der Waals surface area contributed by atoms with E-state index in [0.29, 0.717) is 17.8 Å². The first-order valence-electron chi connectivity index (χ1n) is 11.4. The minimum Gasteiger partial charge on any atom is -0.369 e. The number of carbonyl (C=O) groups excluding carboxylic acids is 2. The maximum atomic E-state index is 13.4. The molecule has 4 fully saturated rings. The molecule has 6 nitrogen and oxygen atoms in total. The highest BCUT2D eigenvalue weighted by Crippen LogP contribution is 2.60. The van der Waals surface area contributed by atoms with Gasteiger partial charge in [-0.3, -0.25) is 14.3 Å². The molecule has 4 aliphatic carbocycles. The first-order valence-corrected chi connectivity index (χ1v) is 11.4. The van der Waals surface area contributed by atoms with Crippen molar-refractivity contribution in [3.8, 4) is 11.1 Å². The first-order chi connectivity index (χ1) is 14.7. The lowest BCUT2D eigenvalue weighted by atomic mass is 9.47.